The van der Waals surface area contributed by atoms with E-state index in [1.54, 1.807) is 24.3 Å². The topological polar surface area (TPSA) is 128 Å². The van der Waals surface area contributed by atoms with Crippen LogP contribution >= 0.6 is 0 Å². The monoisotopic (exact) mass is 289 g/mol. The molecule has 110 valence electrons. The average molecular weight is 289 g/mol. The second kappa shape index (κ2) is 5.42. The lowest BCUT2D eigenvalue weighted by Gasteiger charge is -2.32. The Morgan fingerprint density at radius 2 is 2.00 bits per heavy atom. The number of rotatable bonds is 3. The van der Waals surface area contributed by atoms with Crippen LogP contribution in [0.3, 0.4) is 0 Å². The molecule has 7 heteroatoms. The summed E-state index contributed by atoms with van der Waals surface area (Å²) in [4.78, 5) is 23.9. The molecular weight excluding hydrogens is 274 g/mol. The summed E-state index contributed by atoms with van der Waals surface area (Å²) in [6.07, 6.45) is -1.21. The van der Waals surface area contributed by atoms with Crippen molar-refractivity contribution in [1.82, 2.24) is 4.90 Å². The van der Waals surface area contributed by atoms with E-state index in [0.29, 0.717) is 11.1 Å². The zero-order valence-electron chi connectivity index (χ0n) is 11.2. The molecule has 1 aliphatic heterocycles. The highest BCUT2D eigenvalue weighted by Crippen LogP contribution is 2.33. The number of benzene rings is 1. The fourth-order valence-electron chi connectivity index (χ4n) is 2.76. The van der Waals surface area contributed by atoms with Crippen LogP contribution in [0.15, 0.2) is 24.3 Å². The van der Waals surface area contributed by atoms with Gasteiger partial charge in [0.1, 0.15) is 5.54 Å². The fraction of sp³-hybridized carbons (Fsp3) is 0.357. The molecule has 1 saturated heterocycles. The maximum Gasteiger partial charge on any atom is 0.408 e. The molecule has 0 aliphatic carbocycles. The first-order chi connectivity index (χ1) is 9.89. The summed E-state index contributed by atoms with van der Waals surface area (Å²) in [6.45, 7) is -0.00207. The number of carbonyl (C=O) groups is 2. The van der Waals surface area contributed by atoms with Crippen LogP contribution in [-0.2, 0) is 11.2 Å². The van der Waals surface area contributed by atoms with Gasteiger partial charge in [0, 0.05) is 19.0 Å². The Balaban J connectivity index is 2.36. The molecule has 1 aliphatic rings. The van der Waals surface area contributed by atoms with Crippen molar-refractivity contribution in [1.29, 1.82) is 5.26 Å². The van der Waals surface area contributed by atoms with Gasteiger partial charge in [-0.3, -0.25) is 4.90 Å². The summed E-state index contributed by atoms with van der Waals surface area (Å²) in [6, 6.07) is 7.88. The number of nitriles is 1. The van der Waals surface area contributed by atoms with E-state index in [4.69, 9.17) is 11.0 Å². The van der Waals surface area contributed by atoms with Gasteiger partial charge in [-0.2, -0.15) is 5.26 Å². The predicted molar refractivity (Wildman–Crippen MR) is 72.6 cm³/mol. The Kier molecular flexibility index (Phi) is 3.82. The van der Waals surface area contributed by atoms with Gasteiger partial charge in [-0.1, -0.05) is 12.1 Å². The van der Waals surface area contributed by atoms with E-state index < -0.39 is 23.6 Å². The third kappa shape index (κ3) is 2.66. The lowest BCUT2D eigenvalue weighted by atomic mass is 9.87. The third-order valence-corrected chi connectivity index (χ3v) is 3.74. The molecule has 1 amide bonds. The smallest absolute Gasteiger partial charge is 0.408 e. The summed E-state index contributed by atoms with van der Waals surface area (Å²) in [5, 5.41) is 27.5. The number of carboxylic acids is 1. The number of nitrogens with zero attached hydrogens (tertiary/aromatic N) is 2. The minimum absolute atomic E-state index is 0.00207. The van der Waals surface area contributed by atoms with Gasteiger partial charge in [0.25, 0.3) is 0 Å². The Hall–Kier alpha value is -2.59. The molecule has 4 N–H and O–H groups in total. The molecule has 7 nitrogen and oxygen atoms in total. The van der Waals surface area contributed by atoms with E-state index in [0.717, 1.165) is 4.90 Å². The van der Waals surface area contributed by atoms with Crippen molar-refractivity contribution >= 4 is 12.1 Å². The van der Waals surface area contributed by atoms with Crippen molar-refractivity contribution in [2.45, 2.75) is 24.4 Å². The number of aliphatic carboxylic acids is 1. The van der Waals surface area contributed by atoms with Crippen LogP contribution in [0, 0.1) is 11.3 Å². The van der Waals surface area contributed by atoms with E-state index >= 15 is 0 Å². The molecule has 21 heavy (non-hydrogen) atoms. The molecule has 0 spiro atoms. The highest BCUT2D eigenvalue weighted by molar-refractivity contribution is 5.85. The van der Waals surface area contributed by atoms with E-state index in [2.05, 4.69) is 0 Å². The second-order valence-corrected chi connectivity index (χ2v) is 5.18. The summed E-state index contributed by atoms with van der Waals surface area (Å²) >= 11 is 0. The second-order valence-electron chi connectivity index (χ2n) is 5.18. The molecule has 1 heterocycles. The number of carboxylic acid groups (broad SMARTS) is 2. The van der Waals surface area contributed by atoms with Gasteiger partial charge in [-0.15, -0.1) is 0 Å². The van der Waals surface area contributed by atoms with Crippen molar-refractivity contribution in [2.24, 2.45) is 5.73 Å². The minimum Gasteiger partial charge on any atom is -0.479 e. The van der Waals surface area contributed by atoms with Gasteiger partial charge < -0.3 is 15.9 Å². The lowest BCUT2D eigenvalue weighted by Crippen LogP contribution is -2.54. The first kappa shape index (κ1) is 14.8. The molecule has 0 radical (unpaired) electrons. The van der Waals surface area contributed by atoms with Gasteiger partial charge in [-0.25, -0.2) is 9.59 Å². The van der Waals surface area contributed by atoms with Gasteiger partial charge in [-0.05, 0) is 24.1 Å². The van der Waals surface area contributed by atoms with E-state index in [-0.39, 0.29) is 19.4 Å². The van der Waals surface area contributed by atoms with E-state index in [9.17, 15) is 19.8 Å². The van der Waals surface area contributed by atoms with Crippen LogP contribution in [0.4, 0.5) is 4.79 Å². The van der Waals surface area contributed by atoms with Crippen molar-refractivity contribution in [3.8, 4) is 6.07 Å². The van der Waals surface area contributed by atoms with Gasteiger partial charge >= 0.3 is 12.1 Å². The molecule has 0 bridgehead atoms. The minimum atomic E-state index is -1.56. The molecule has 0 saturated carbocycles. The van der Waals surface area contributed by atoms with Crippen LogP contribution in [0.25, 0.3) is 0 Å². The summed E-state index contributed by atoms with van der Waals surface area (Å²) < 4.78 is 0. The van der Waals surface area contributed by atoms with Crippen LogP contribution in [0.1, 0.15) is 17.5 Å². The Morgan fingerprint density at radius 1 is 1.38 bits per heavy atom. The zero-order chi connectivity index (χ0) is 15.6. The molecule has 1 aromatic carbocycles. The van der Waals surface area contributed by atoms with E-state index in [1.807, 2.05) is 6.07 Å². The van der Waals surface area contributed by atoms with Crippen molar-refractivity contribution in [2.75, 3.05) is 6.54 Å². The molecule has 0 aromatic heterocycles. The maximum absolute atomic E-state index is 11.7. The number of hydrogen-bond acceptors (Lipinski definition) is 4. The number of hydrogen-bond donors (Lipinski definition) is 3. The first-order valence-corrected chi connectivity index (χ1v) is 6.37. The summed E-state index contributed by atoms with van der Waals surface area (Å²) in [5.41, 5.74) is 5.32. The number of nitrogens with two attached hydrogens (primary N) is 1. The van der Waals surface area contributed by atoms with Crippen molar-refractivity contribution in [3.63, 3.8) is 0 Å². The average Bonchev–Trinajstić information content (AvgIpc) is 2.78. The highest BCUT2D eigenvalue weighted by Gasteiger charge is 2.53. The van der Waals surface area contributed by atoms with Crippen LogP contribution in [0.2, 0.25) is 0 Å². The summed E-state index contributed by atoms with van der Waals surface area (Å²) in [5.74, 6) is -1.21. The fourth-order valence-corrected chi connectivity index (χ4v) is 2.76. The molecule has 1 aromatic rings. The van der Waals surface area contributed by atoms with Gasteiger partial charge in [0.15, 0.2) is 0 Å². The van der Waals surface area contributed by atoms with Crippen LogP contribution < -0.4 is 5.73 Å². The molecular formula is C14H15N3O4. The van der Waals surface area contributed by atoms with Crippen molar-refractivity contribution in [3.05, 3.63) is 35.4 Å². The molecule has 0 unspecified atom stereocenters. The Morgan fingerprint density at radius 3 is 2.48 bits per heavy atom. The third-order valence-electron chi connectivity index (χ3n) is 3.74. The molecule has 2 rings (SSSR count). The van der Waals surface area contributed by atoms with Gasteiger partial charge in [0.05, 0.1) is 11.6 Å². The Bertz CT molecular complexity index is 608. The molecule has 1 fully saturated rings. The van der Waals surface area contributed by atoms with Crippen LogP contribution in [0.5, 0.6) is 0 Å². The van der Waals surface area contributed by atoms with Crippen molar-refractivity contribution < 1.29 is 19.8 Å². The highest BCUT2D eigenvalue weighted by atomic mass is 16.4. The lowest BCUT2D eigenvalue weighted by molar-refractivity contribution is -0.148. The molecule has 2 atom stereocenters. The maximum atomic E-state index is 11.7. The normalized spacial score (nSPS) is 24.6. The zero-order valence-corrected chi connectivity index (χ0v) is 11.2. The quantitative estimate of drug-likeness (QED) is 0.749. The standard InChI is InChI=1S/C14H15N3O4/c15-7-10-3-1-9(2-4-10)5-14(12(18)19)6-11(16)8-17(14)13(20)21/h1-4,11H,5-6,8,16H2,(H,18,19)(H,20,21)/t11-,14-/m0/s1. The summed E-state index contributed by atoms with van der Waals surface area (Å²) in [7, 11) is 0. The largest absolute Gasteiger partial charge is 0.479 e. The first-order valence-electron chi connectivity index (χ1n) is 6.37. The number of amides is 1. The van der Waals surface area contributed by atoms with E-state index in [1.165, 1.54) is 0 Å². The van der Waals surface area contributed by atoms with Crippen LogP contribution in [-0.4, -0.2) is 45.3 Å². The predicted octanol–water partition coefficient (Wildman–Crippen LogP) is 0.635. The number of likely N-dealkylation sites (tertiary alicyclic amines) is 1. The Labute approximate surface area is 121 Å². The SMILES string of the molecule is N#Cc1ccc(C[C@@]2(C(=O)O)C[C@H](N)CN2C(=O)O)cc1. The van der Waals surface area contributed by atoms with Gasteiger partial charge in [0.2, 0.25) is 0 Å².